The highest BCUT2D eigenvalue weighted by atomic mass is 32.2. The van der Waals surface area contributed by atoms with Gasteiger partial charge in [-0.1, -0.05) is 12.1 Å². The van der Waals surface area contributed by atoms with Gasteiger partial charge < -0.3 is 5.32 Å². The molecule has 0 atom stereocenters. The number of rotatable bonds is 3. The van der Waals surface area contributed by atoms with Crippen molar-refractivity contribution in [2.24, 2.45) is 0 Å². The normalized spacial score (nSPS) is 11.2. The van der Waals surface area contributed by atoms with Crippen molar-refractivity contribution in [3.8, 4) is 0 Å². The van der Waals surface area contributed by atoms with Crippen LogP contribution in [0.2, 0.25) is 0 Å². The summed E-state index contributed by atoms with van der Waals surface area (Å²) in [5, 5.41) is 2.99. The number of nitrogens with one attached hydrogen (secondary N) is 1. The molecule has 0 saturated heterocycles. The van der Waals surface area contributed by atoms with Gasteiger partial charge in [-0.05, 0) is 25.1 Å². The molecule has 2 aromatic rings. The van der Waals surface area contributed by atoms with Crippen molar-refractivity contribution in [2.75, 3.05) is 11.6 Å². The molecule has 0 bridgehead atoms. The molecule has 1 heterocycles. The van der Waals surface area contributed by atoms with Crippen LogP contribution in [-0.4, -0.2) is 24.6 Å². The summed E-state index contributed by atoms with van der Waals surface area (Å²) < 4.78 is 23.3. The maximum absolute atomic E-state index is 11.6. The highest BCUT2D eigenvalue weighted by molar-refractivity contribution is 7.90. The van der Waals surface area contributed by atoms with E-state index in [9.17, 15) is 8.42 Å². The summed E-state index contributed by atoms with van der Waals surface area (Å²) in [7, 11) is -3.27. The standard InChI is InChI=1S/C12H13N3O2S/c1-9-13-8-7-12(14-9)15-10-5-3-4-6-11(10)18(2,16)17/h3-8H,1-2H3,(H,13,14,15). The summed E-state index contributed by atoms with van der Waals surface area (Å²) >= 11 is 0. The topological polar surface area (TPSA) is 72.0 Å². The van der Waals surface area contributed by atoms with E-state index in [2.05, 4.69) is 15.3 Å². The molecule has 5 nitrogen and oxygen atoms in total. The third kappa shape index (κ3) is 2.84. The van der Waals surface area contributed by atoms with Gasteiger partial charge in [0.05, 0.1) is 10.6 Å². The van der Waals surface area contributed by atoms with E-state index in [-0.39, 0.29) is 4.90 Å². The van der Waals surface area contributed by atoms with Gasteiger partial charge in [0.25, 0.3) is 0 Å². The van der Waals surface area contributed by atoms with Crippen molar-refractivity contribution in [2.45, 2.75) is 11.8 Å². The Balaban J connectivity index is 2.41. The minimum Gasteiger partial charge on any atom is -0.339 e. The van der Waals surface area contributed by atoms with Gasteiger partial charge in [0, 0.05) is 12.5 Å². The molecule has 0 saturated carbocycles. The first-order valence-electron chi connectivity index (χ1n) is 5.32. The molecule has 0 unspecified atom stereocenters. The first-order valence-corrected chi connectivity index (χ1v) is 7.22. The molecule has 0 spiro atoms. The molecule has 1 aromatic heterocycles. The van der Waals surface area contributed by atoms with Crippen molar-refractivity contribution in [1.82, 2.24) is 9.97 Å². The summed E-state index contributed by atoms with van der Waals surface area (Å²) in [6, 6.07) is 8.41. The van der Waals surface area contributed by atoms with E-state index in [0.29, 0.717) is 17.3 Å². The van der Waals surface area contributed by atoms with Crippen LogP contribution in [0, 0.1) is 6.92 Å². The Bertz CT molecular complexity index is 669. The second-order valence-corrected chi connectivity index (χ2v) is 5.87. The second-order valence-electron chi connectivity index (χ2n) is 3.88. The maximum atomic E-state index is 11.6. The molecular weight excluding hydrogens is 250 g/mol. The molecule has 0 aliphatic heterocycles. The monoisotopic (exact) mass is 263 g/mol. The number of sulfone groups is 1. The van der Waals surface area contributed by atoms with E-state index >= 15 is 0 Å². The van der Waals surface area contributed by atoms with Crippen molar-refractivity contribution in [1.29, 1.82) is 0 Å². The molecule has 0 aliphatic carbocycles. The zero-order chi connectivity index (χ0) is 13.2. The SMILES string of the molecule is Cc1nccc(Nc2ccccc2S(C)(=O)=O)n1. The lowest BCUT2D eigenvalue weighted by Crippen LogP contribution is -2.03. The minimum atomic E-state index is -3.27. The zero-order valence-corrected chi connectivity index (χ0v) is 10.9. The Morgan fingerprint density at radius 2 is 1.89 bits per heavy atom. The summed E-state index contributed by atoms with van der Waals surface area (Å²) in [6.45, 7) is 1.77. The molecule has 18 heavy (non-hydrogen) atoms. The van der Waals surface area contributed by atoms with E-state index in [1.54, 1.807) is 43.5 Å². The summed E-state index contributed by atoms with van der Waals surface area (Å²) in [5.74, 6) is 1.19. The molecule has 1 N–H and O–H groups in total. The number of benzene rings is 1. The first kappa shape index (κ1) is 12.5. The number of aromatic nitrogens is 2. The fraction of sp³-hybridized carbons (Fsp3) is 0.167. The molecule has 0 amide bonds. The van der Waals surface area contributed by atoms with E-state index in [1.165, 1.54) is 6.26 Å². The Labute approximate surface area is 106 Å². The number of para-hydroxylation sites is 1. The minimum absolute atomic E-state index is 0.251. The Kier molecular flexibility index (Phi) is 3.29. The van der Waals surface area contributed by atoms with E-state index in [1.807, 2.05) is 0 Å². The number of nitrogens with zero attached hydrogens (tertiary/aromatic N) is 2. The molecule has 2 rings (SSSR count). The van der Waals surface area contributed by atoms with Gasteiger partial charge in [-0.15, -0.1) is 0 Å². The summed E-state index contributed by atoms with van der Waals surface area (Å²) in [5.41, 5.74) is 0.512. The van der Waals surface area contributed by atoms with Crippen LogP contribution < -0.4 is 5.32 Å². The van der Waals surface area contributed by atoms with Gasteiger partial charge in [0.1, 0.15) is 11.6 Å². The lowest BCUT2D eigenvalue weighted by molar-refractivity contribution is 0.602. The quantitative estimate of drug-likeness (QED) is 0.916. The smallest absolute Gasteiger partial charge is 0.177 e. The average Bonchev–Trinajstić information content (AvgIpc) is 2.28. The van der Waals surface area contributed by atoms with Crippen LogP contribution in [0.3, 0.4) is 0 Å². The fourth-order valence-electron chi connectivity index (χ4n) is 1.56. The Hall–Kier alpha value is -1.95. The summed E-state index contributed by atoms with van der Waals surface area (Å²) in [6.07, 6.45) is 2.80. The van der Waals surface area contributed by atoms with Crippen LogP contribution in [0.25, 0.3) is 0 Å². The van der Waals surface area contributed by atoms with Crippen molar-refractivity contribution in [3.05, 3.63) is 42.4 Å². The number of hydrogen-bond donors (Lipinski definition) is 1. The van der Waals surface area contributed by atoms with Crippen LogP contribution >= 0.6 is 0 Å². The third-order valence-electron chi connectivity index (χ3n) is 2.33. The van der Waals surface area contributed by atoms with Gasteiger partial charge in [0.15, 0.2) is 9.84 Å². The number of aryl methyl sites for hydroxylation is 1. The molecule has 0 radical (unpaired) electrons. The van der Waals surface area contributed by atoms with Gasteiger partial charge in [-0.2, -0.15) is 0 Å². The number of hydrogen-bond acceptors (Lipinski definition) is 5. The molecule has 0 fully saturated rings. The van der Waals surface area contributed by atoms with Gasteiger partial charge in [0.2, 0.25) is 0 Å². The summed E-state index contributed by atoms with van der Waals surface area (Å²) in [4.78, 5) is 8.41. The Morgan fingerprint density at radius 1 is 1.17 bits per heavy atom. The van der Waals surface area contributed by atoms with Crippen LogP contribution in [0.4, 0.5) is 11.5 Å². The van der Waals surface area contributed by atoms with Crippen molar-refractivity contribution >= 4 is 21.3 Å². The van der Waals surface area contributed by atoms with Crippen LogP contribution in [0.15, 0.2) is 41.4 Å². The average molecular weight is 263 g/mol. The predicted octanol–water partition coefficient (Wildman–Crippen LogP) is 1.93. The molecule has 0 aliphatic rings. The van der Waals surface area contributed by atoms with Gasteiger partial charge in [-0.25, -0.2) is 18.4 Å². The molecular formula is C12H13N3O2S. The van der Waals surface area contributed by atoms with Crippen LogP contribution in [-0.2, 0) is 9.84 Å². The van der Waals surface area contributed by atoms with Gasteiger partial charge >= 0.3 is 0 Å². The lowest BCUT2D eigenvalue weighted by atomic mass is 10.3. The third-order valence-corrected chi connectivity index (χ3v) is 3.48. The van der Waals surface area contributed by atoms with Crippen LogP contribution in [0.5, 0.6) is 0 Å². The van der Waals surface area contributed by atoms with Gasteiger partial charge in [-0.3, -0.25) is 0 Å². The largest absolute Gasteiger partial charge is 0.339 e. The lowest BCUT2D eigenvalue weighted by Gasteiger charge is -2.09. The molecule has 6 heteroatoms. The van der Waals surface area contributed by atoms with E-state index in [0.717, 1.165) is 0 Å². The fourth-order valence-corrected chi connectivity index (χ4v) is 2.40. The second kappa shape index (κ2) is 4.73. The Morgan fingerprint density at radius 3 is 2.56 bits per heavy atom. The molecule has 94 valence electrons. The predicted molar refractivity (Wildman–Crippen MR) is 69.6 cm³/mol. The molecule has 1 aromatic carbocycles. The highest BCUT2D eigenvalue weighted by Crippen LogP contribution is 2.23. The van der Waals surface area contributed by atoms with E-state index < -0.39 is 9.84 Å². The van der Waals surface area contributed by atoms with Crippen molar-refractivity contribution in [3.63, 3.8) is 0 Å². The van der Waals surface area contributed by atoms with Crippen LogP contribution in [0.1, 0.15) is 5.82 Å². The van der Waals surface area contributed by atoms with Crippen molar-refractivity contribution < 1.29 is 8.42 Å². The highest BCUT2D eigenvalue weighted by Gasteiger charge is 2.12. The zero-order valence-electron chi connectivity index (χ0n) is 10.1. The van der Waals surface area contributed by atoms with E-state index in [4.69, 9.17) is 0 Å². The maximum Gasteiger partial charge on any atom is 0.177 e. The number of anilines is 2. The first-order chi connectivity index (χ1) is 8.47.